The summed E-state index contributed by atoms with van der Waals surface area (Å²) in [7, 11) is 0. The summed E-state index contributed by atoms with van der Waals surface area (Å²) in [6, 6.07) is 8.21. The molecule has 0 saturated carbocycles. The molecule has 0 fully saturated rings. The Morgan fingerprint density at radius 1 is 1.11 bits per heavy atom. The summed E-state index contributed by atoms with van der Waals surface area (Å²) in [5.41, 5.74) is -3.02. The van der Waals surface area contributed by atoms with Crippen LogP contribution in [0.5, 0.6) is 0 Å². The molecule has 1 aromatic carbocycles. The summed E-state index contributed by atoms with van der Waals surface area (Å²) in [5, 5.41) is 15.0. The first-order chi connectivity index (χ1) is 12.8. The Hall–Kier alpha value is -2.29. The van der Waals surface area contributed by atoms with E-state index >= 15 is 0 Å². The highest BCUT2D eigenvalue weighted by molar-refractivity contribution is 5.88. The van der Waals surface area contributed by atoms with Gasteiger partial charge in [0.1, 0.15) is 5.60 Å². The second-order valence-electron chi connectivity index (χ2n) is 7.45. The lowest BCUT2D eigenvalue weighted by Crippen LogP contribution is -2.60. The van der Waals surface area contributed by atoms with Crippen LogP contribution in [0.25, 0.3) is 0 Å². The van der Waals surface area contributed by atoms with E-state index in [-0.39, 0.29) is 0 Å². The zero-order chi connectivity index (χ0) is 21.6. The monoisotopic (exact) mass is 404 g/mol. The van der Waals surface area contributed by atoms with Crippen molar-refractivity contribution >= 4 is 12.0 Å². The van der Waals surface area contributed by atoms with Gasteiger partial charge in [0.15, 0.2) is 0 Å². The van der Waals surface area contributed by atoms with Crippen molar-refractivity contribution in [3.8, 4) is 0 Å². The van der Waals surface area contributed by atoms with Crippen molar-refractivity contribution in [3.05, 3.63) is 35.9 Å². The fraction of sp³-hybridized carbons (Fsp3) is 0.579. The molecule has 158 valence electrons. The number of halogens is 3. The molecule has 1 unspecified atom stereocenters. The van der Waals surface area contributed by atoms with Gasteiger partial charge in [0.05, 0.1) is 6.04 Å². The highest BCUT2D eigenvalue weighted by Gasteiger charge is 2.43. The van der Waals surface area contributed by atoms with Gasteiger partial charge in [0, 0.05) is 12.8 Å². The Morgan fingerprint density at radius 3 is 2.14 bits per heavy atom. The second-order valence-corrected chi connectivity index (χ2v) is 7.45. The Kier molecular flexibility index (Phi) is 7.86. The van der Waals surface area contributed by atoms with Gasteiger partial charge in [-0.2, -0.15) is 13.2 Å². The Balaban J connectivity index is 3.01. The lowest BCUT2D eigenvalue weighted by atomic mass is 10.0. The minimum absolute atomic E-state index is 0.428. The van der Waals surface area contributed by atoms with Crippen LogP contribution in [-0.2, 0) is 9.53 Å². The molecule has 0 saturated heterocycles. The van der Waals surface area contributed by atoms with Gasteiger partial charge in [-0.25, -0.2) is 4.79 Å². The van der Waals surface area contributed by atoms with Crippen molar-refractivity contribution in [3.63, 3.8) is 0 Å². The topological polar surface area (TPSA) is 87.7 Å². The summed E-state index contributed by atoms with van der Waals surface area (Å²) in [5.74, 6) is -1.14. The van der Waals surface area contributed by atoms with E-state index < -0.39 is 48.4 Å². The number of rotatable bonds is 7. The minimum atomic E-state index is -4.62. The molecule has 0 spiro atoms. The van der Waals surface area contributed by atoms with Gasteiger partial charge >= 0.3 is 12.3 Å². The summed E-state index contributed by atoms with van der Waals surface area (Å²) in [4.78, 5) is 24.6. The highest BCUT2D eigenvalue weighted by atomic mass is 19.4. The molecule has 0 radical (unpaired) electrons. The Morgan fingerprint density at radius 2 is 1.68 bits per heavy atom. The molecule has 2 amide bonds. The Bertz CT molecular complexity index is 659. The van der Waals surface area contributed by atoms with Crippen LogP contribution in [0, 0.1) is 0 Å². The van der Waals surface area contributed by atoms with Gasteiger partial charge in [-0.05, 0) is 32.8 Å². The molecule has 0 heterocycles. The minimum Gasteiger partial charge on any atom is -0.444 e. The molecule has 9 heteroatoms. The maximum absolute atomic E-state index is 12.7. The number of aliphatic hydroxyl groups is 1. The number of ether oxygens (including phenoxy) is 1. The average Bonchev–Trinajstić information content (AvgIpc) is 2.56. The normalized spacial score (nSPS) is 15.3. The number of nitrogens with one attached hydrogen (secondary N) is 2. The van der Waals surface area contributed by atoms with Crippen molar-refractivity contribution in [2.75, 3.05) is 0 Å². The number of hydrogen-bond donors (Lipinski definition) is 3. The molecule has 0 aliphatic heterocycles. The van der Waals surface area contributed by atoms with Crippen LogP contribution < -0.4 is 10.6 Å². The SMILES string of the molecule is CC[C@@H](NC(=O)C(O)(CCC(F)(F)F)NC(=O)OC(C)(C)C)c1ccccc1. The number of carbonyl (C=O) groups is 2. The molecule has 0 bridgehead atoms. The summed E-state index contributed by atoms with van der Waals surface area (Å²) in [6.45, 7) is 6.41. The third kappa shape index (κ3) is 8.16. The third-order valence-corrected chi connectivity index (χ3v) is 3.77. The molecule has 1 aromatic rings. The predicted molar refractivity (Wildman–Crippen MR) is 97.2 cm³/mol. The molecule has 2 atom stereocenters. The van der Waals surface area contributed by atoms with Crippen molar-refractivity contribution in [2.45, 2.75) is 70.5 Å². The maximum atomic E-state index is 12.7. The predicted octanol–water partition coefficient (Wildman–Crippen LogP) is 3.81. The standard InChI is InChI=1S/C19H27F3N2O4/c1-5-14(13-9-7-6-8-10-13)23-15(25)18(27,11-12-19(20,21)22)24-16(26)28-17(2,3)4/h6-10,14,27H,5,11-12H2,1-4H3,(H,23,25)(H,24,26)/t14-,18?/m1/s1. The molecule has 0 aliphatic carbocycles. The van der Waals surface area contributed by atoms with Gasteiger partial charge in [0.25, 0.3) is 5.91 Å². The van der Waals surface area contributed by atoms with E-state index in [9.17, 15) is 27.9 Å². The van der Waals surface area contributed by atoms with Crippen LogP contribution in [0.1, 0.15) is 58.6 Å². The number of carbonyl (C=O) groups excluding carboxylic acids is 2. The zero-order valence-electron chi connectivity index (χ0n) is 16.4. The molecule has 0 aromatic heterocycles. The van der Waals surface area contributed by atoms with Crippen LogP contribution >= 0.6 is 0 Å². The molecule has 6 nitrogen and oxygen atoms in total. The van der Waals surface area contributed by atoms with Gasteiger partial charge in [-0.1, -0.05) is 37.3 Å². The van der Waals surface area contributed by atoms with E-state index in [0.29, 0.717) is 12.0 Å². The van der Waals surface area contributed by atoms with E-state index in [1.807, 2.05) is 5.32 Å². The highest BCUT2D eigenvalue weighted by Crippen LogP contribution is 2.26. The lowest BCUT2D eigenvalue weighted by molar-refractivity contribution is -0.161. The number of alkyl halides is 3. The molecule has 3 N–H and O–H groups in total. The summed E-state index contributed by atoms with van der Waals surface area (Å²) >= 11 is 0. The average molecular weight is 404 g/mol. The van der Waals surface area contributed by atoms with Crippen molar-refractivity contribution in [1.29, 1.82) is 0 Å². The van der Waals surface area contributed by atoms with Crippen LogP contribution in [0.15, 0.2) is 30.3 Å². The number of amides is 2. The number of benzene rings is 1. The van der Waals surface area contributed by atoms with Crippen LogP contribution in [-0.4, -0.2) is 34.6 Å². The molecular weight excluding hydrogens is 377 g/mol. The van der Waals surface area contributed by atoms with Crippen molar-refractivity contribution in [1.82, 2.24) is 10.6 Å². The smallest absolute Gasteiger partial charge is 0.410 e. The number of hydrogen-bond acceptors (Lipinski definition) is 4. The van der Waals surface area contributed by atoms with Gasteiger partial charge in [-0.15, -0.1) is 0 Å². The fourth-order valence-corrected chi connectivity index (χ4v) is 2.41. The van der Waals surface area contributed by atoms with Crippen LogP contribution in [0.2, 0.25) is 0 Å². The molecule has 1 rings (SSSR count). The van der Waals surface area contributed by atoms with Crippen molar-refractivity contribution in [2.24, 2.45) is 0 Å². The second kappa shape index (κ2) is 9.27. The molecular formula is C19H27F3N2O4. The van der Waals surface area contributed by atoms with Gasteiger partial charge in [-0.3, -0.25) is 10.1 Å². The van der Waals surface area contributed by atoms with E-state index in [1.54, 1.807) is 58.0 Å². The van der Waals surface area contributed by atoms with Gasteiger partial charge in [0.2, 0.25) is 5.72 Å². The fourth-order valence-electron chi connectivity index (χ4n) is 2.41. The zero-order valence-corrected chi connectivity index (χ0v) is 16.4. The first-order valence-electron chi connectivity index (χ1n) is 8.92. The summed E-state index contributed by atoms with van der Waals surface area (Å²) < 4.78 is 43.0. The first-order valence-corrected chi connectivity index (χ1v) is 8.92. The van der Waals surface area contributed by atoms with E-state index in [0.717, 1.165) is 0 Å². The van der Waals surface area contributed by atoms with Crippen LogP contribution in [0.3, 0.4) is 0 Å². The summed E-state index contributed by atoms with van der Waals surface area (Å²) in [6.07, 6.45) is -7.90. The van der Waals surface area contributed by atoms with Crippen molar-refractivity contribution < 1.29 is 32.6 Å². The molecule has 0 aliphatic rings. The maximum Gasteiger partial charge on any atom is 0.410 e. The quantitative estimate of drug-likeness (QED) is 0.603. The first kappa shape index (κ1) is 23.7. The molecule has 28 heavy (non-hydrogen) atoms. The van der Waals surface area contributed by atoms with Crippen LogP contribution in [0.4, 0.5) is 18.0 Å². The Labute approximate surface area is 162 Å². The number of alkyl carbamates (subject to hydrolysis) is 1. The van der Waals surface area contributed by atoms with E-state index in [2.05, 4.69) is 5.32 Å². The largest absolute Gasteiger partial charge is 0.444 e. The van der Waals surface area contributed by atoms with E-state index in [1.165, 1.54) is 0 Å². The van der Waals surface area contributed by atoms with Gasteiger partial charge < -0.3 is 15.2 Å². The third-order valence-electron chi connectivity index (χ3n) is 3.77. The van der Waals surface area contributed by atoms with E-state index in [4.69, 9.17) is 4.74 Å². The lowest BCUT2D eigenvalue weighted by Gasteiger charge is -2.31.